The molecule has 0 spiro atoms. The van der Waals surface area contributed by atoms with Gasteiger partial charge in [0.15, 0.2) is 17.3 Å². The molecule has 0 aliphatic rings. The van der Waals surface area contributed by atoms with E-state index < -0.39 is 5.54 Å². The van der Waals surface area contributed by atoms with Crippen LogP contribution in [0.15, 0.2) is 42.5 Å². The number of benzene rings is 2. The second-order valence-corrected chi connectivity index (χ2v) is 6.65. The van der Waals surface area contributed by atoms with Gasteiger partial charge in [0.2, 0.25) is 5.75 Å². The molecule has 27 heavy (non-hydrogen) atoms. The molecule has 0 amide bonds. The zero-order chi connectivity index (χ0) is 19.2. The average molecular weight is 394 g/mol. The first kappa shape index (κ1) is 22.8. The van der Waals surface area contributed by atoms with Crippen LogP contribution in [0.3, 0.4) is 0 Å². The van der Waals surface area contributed by atoms with Gasteiger partial charge in [-0.3, -0.25) is 4.79 Å². The minimum absolute atomic E-state index is 0. The van der Waals surface area contributed by atoms with Crippen LogP contribution in [0.1, 0.15) is 35.7 Å². The number of hydrogen-bond donors (Lipinski definition) is 1. The summed E-state index contributed by atoms with van der Waals surface area (Å²) in [7, 11) is 4.58. The van der Waals surface area contributed by atoms with Crippen molar-refractivity contribution in [2.45, 2.75) is 31.7 Å². The Labute approximate surface area is 167 Å². The Morgan fingerprint density at radius 1 is 1.00 bits per heavy atom. The summed E-state index contributed by atoms with van der Waals surface area (Å²) < 4.78 is 15.9. The quantitative estimate of drug-likeness (QED) is 0.650. The predicted molar refractivity (Wildman–Crippen MR) is 110 cm³/mol. The fourth-order valence-electron chi connectivity index (χ4n) is 2.87. The molecule has 2 N–H and O–H groups in total. The summed E-state index contributed by atoms with van der Waals surface area (Å²) >= 11 is 0. The summed E-state index contributed by atoms with van der Waals surface area (Å²) in [4.78, 5) is 12.8. The maximum Gasteiger partial charge on any atom is 0.203 e. The van der Waals surface area contributed by atoms with Crippen molar-refractivity contribution in [2.75, 3.05) is 21.3 Å². The lowest BCUT2D eigenvalue weighted by Gasteiger charge is -2.24. The van der Waals surface area contributed by atoms with Crippen LogP contribution >= 0.6 is 12.4 Å². The Morgan fingerprint density at radius 2 is 1.56 bits per heavy atom. The Kier molecular flexibility index (Phi) is 8.60. The van der Waals surface area contributed by atoms with Crippen molar-refractivity contribution in [2.24, 2.45) is 5.73 Å². The van der Waals surface area contributed by atoms with Crippen LogP contribution in [0, 0.1) is 0 Å². The van der Waals surface area contributed by atoms with Crippen molar-refractivity contribution in [1.82, 2.24) is 0 Å². The molecule has 5 nitrogen and oxygen atoms in total. The van der Waals surface area contributed by atoms with Gasteiger partial charge in [0.05, 0.1) is 21.3 Å². The SMILES string of the molecule is COc1cc(C(=O)CC(C)(N)CCc2ccccc2)cc(OC)c1OC.Cl. The van der Waals surface area contributed by atoms with Gasteiger partial charge < -0.3 is 19.9 Å². The molecule has 0 radical (unpaired) electrons. The Morgan fingerprint density at radius 3 is 2.04 bits per heavy atom. The summed E-state index contributed by atoms with van der Waals surface area (Å²) in [5.41, 5.74) is 7.50. The number of aryl methyl sites for hydroxylation is 1. The number of rotatable bonds is 9. The van der Waals surface area contributed by atoms with Gasteiger partial charge in [-0.15, -0.1) is 12.4 Å². The molecular weight excluding hydrogens is 366 g/mol. The maximum atomic E-state index is 12.8. The first-order valence-electron chi connectivity index (χ1n) is 8.56. The van der Waals surface area contributed by atoms with Gasteiger partial charge in [-0.2, -0.15) is 0 Å². The van der Waals surface area contributed by atoms with Crippen LogP contribution < -0.4 is 19.9 Å². The van der Waals surface area contributed by atoms with Gasteiger partial charge in [0, 0.05) is 17.5 Å². The Hall–Kier alpha value is -2.24. The molecule has 6 heteroatoms. The lowest BCUT2D eigenvalue weighted by Crippen LogP contribution is -2.39. The third-order valence-electron chi connectivity index (χ3n) is 4.38. The van der Waals surface area contributed by atoms with E-state index in [0.717, 1.165) is 6.42 Å². The van der Waals surface area contributed by atoms with E-state index in [1.165, 1.54) is 26.9 Å². The molecule has 2 aromatic carbocycles. The number of methoxy groups -OCH3 is 3. The smallest absolute Gasteiger partial charge is 0.203 e. The fraction of sp³-hybridized carbons (Fsp3) is 0.381. The first-order valence-corrected chi connectivity index (χ1v) is 8.56. The summed E-state index contributed by atoms with van der Waals surface area (Å²) in [5, 5.41) is 0. The average Bonchev–Trinajstić information content (AvgIpc) is 2.65. The molecule has 0 heterocycles. The van der Waals surface area contributed by atoms with E-state index in [1.807, 2.05) is 25.1 Å². The molecule has 2 rings (SSSR count). The second-order valence-electron chi connectivity index (χ2n) is 6.65. The third-order valence-corrected chi connectivity index (χ3v) is 4.38. The normalized spacial score (nSPS) is 12.5. The zero-order valence-electron chi connectivity index (χ0n) is 16.3. The molecular formula is C21H28ClNO4. The highest BCUT2D eigenvalue weighted by Crippen LogP contribution is 2.38. The molecule has 1 unspecified atom stereocenters. The molecule has 0 bridgehead atoms. The molecule has 0 saturated heterocycles. The minimum Gasteiger partial charge on any atom is -0.493 e. The number of Topliss-reactive ketones (excluding diaryl/α,β-unsaturated/α-hetero) is 1. The fourth-order valence-corrected chi connectivity index (χ4v) is 2.87. The summed E-state index contributed by atoms with van der Waals surface area (Å²) in [6.07, 6.45) is 1.78. The largest absolute Gasteiger partial charge is 0.493 e. The van der Waals surface area contributed by atoms with E-state index in [2.05, 4.69) is 12.1 Å². The van der Waals surface area contributed by atoms with E-state index >= 15 is 0 Å². The number of carbonyl (C=O) groups is 1. The summed E-state index contributed by atoms with van der Waals surface area (Å²) in [6, 6.07) is 13.5. The summed E-state index contributed by atoms with van der Waals surface area (Å²) in [5.74, 6) is 1.32. The van der Waals surface area contributed by atoms with Gasteiger partial charge in [0.25, 0.3) is 0 Å². The van der Waals surface area contributed by atoms with Crippen molar-refractivity contribution in [1.29, 1.82) is 0 Å². The highest BCUT2D eigenvalue weighted by molar-refractivity contribution is 5.98. The minimum atomic E-state index is -0.604. The maximum absolute atomic E-state index is 12.8. The summed E-state index contributed by atoms with van der Waals surface area (Å²) in [6.45, 7) is 1.91. The highest BCUT2D eigenvalue weighted by Gasteiger charge is 2.25. The standard InChI is InChI=1S/C21H27NO4.ClH/c1-21(22,11-10-15-8-6-5-7-9-15)14-17(23)16-12-18(24-2)20(26-4)19(13-16)25-3;/h5-9,12-13H,10-11,14,22H2,1-4H3;1H. The predicted octanol–water partition coefficient (Wildman–Crippen LogP) is 4.06. The number of ether oxygens (including phenoxy) is 3. The van der Waals surface area contributed by atoms with Crippen LogP contribution in [0.2, 0.25) is 0 Å². The third kappa shape index (κ3) is 6.15. The van der Waals surface area contributed by atoms with Crippen molar-refractivity contribution >= 4 is 18.2 Å². The Bertz CT molecular complexity index is 722. The topological polar surface area (TPSA) is 70.8 Å². The monoisotopic (exact) mass is 393 g/mol. The zero-order valence-corrected chi connectivity index (χ0v) is 17.1. The molecule has 148 valence electrons. The number of nitrogens with two attached hydrogens (primary N) is 1. The number of ketones is 1. The number of hydrogen-bond acceptors (Lipinski definition) is 5. The Balaban J connectivity index is 0.00000364. The molecule has 0 saturated carbocycles. The first-order chi connectivity index (χ1) is 12.4. The lowest BCUT2D eigenvalue weighted by molar-refractivity contribution is 0.0952. The van der Waals surface area contributed by atoms with Crippen LogP contribution in [0.25, 0.3) is 0 Å². The van der Waals surface area contributed by atoms with Crippen molar-refractivity contribution in [3.63, 3.8) is 0 Å². The van der Waals surface area contributed by atoms with Crippen molar-refractivity contribution in [3.8, 4) is 17.2 Å². The van der Waals surface area contributed by atoms with Gasteiger partial charge in [0.1, 0.15) is 0 Å². The van der Waals surface area contributed by atoms with Crippen molar-refractivity contribution < 1.29 is 19.0 Å². The second kappa shape index (κ2) is 10.2. The lowest BCUT2D eigenvalue weighted by atomic mass is 9.87. The molecule has 0 aliphatic carbocycles. The molecule has 2 aromatic rings. The molecule has 1 atom stereocenters. The van der Waals surface area contributed by atoms with Gasteiger partial charge >= 0.3 is 0 Å². The van der Waals surface area contributed by atoms with E-state index in [9.17, 15) is 4.79 Å². The van der Waals surface area contributed by atoms with E-state index in [4.69, 9.17) is 19.9 Å². The van der Waals surface area contributed by atoms with Crippen LogP contribution in [-0.2, 0) is 6.42 Å². The van der Waals surface area contributed by atoms with Crippen LogP contribution in [0.5, 0.6) is 17.2 Å². The molecule has 0 aliphatic heterocycles. The highest BCUT2D eigenvalue weighted by atomic mass is 35.5. The van der Waals surface area contributed by atoms with Gasteiger partial charge in [-0.25, -0.2) is 0 Å². The molecule has 0 fully saturated rings. The van der Waals surface area contributed by atoms with Crippen LogP contribution in [0.4, 0.5) is 0 Å². The van der Waals surface area contributed by atoms with Gasteiger partial charge in [-0.1, -0.05) is 30.3 Å². The van der Waals surface area contributed by atoms with E-state index in [-0.39, 0.29) is 24.6 Å². The van der Waals surface area contributed by atoms with E-state index in [1.54, 1.807) is 12.1 Å². The number of halogens is 1. The van der Waals surface area contributed by atoms with E-state index in [0.29, 0.717) is 29.2 Å². The molecule has 0 aromatic heterocycles. The van der Waals surface area contributed by atoms with Crippen LogP contribution in [-0.4, -0.2) is 32.7 Å². The van der Waals surface area contributed by atoms with Gasteiger partial charge in [-0.05, 0) is 37.5 Å². The number of carbonyl (C=O) groups excluding carboxylic acids is 1. The van der Waals surface area contributed by atoms with Crippen molar-refractivity contribution in [3.05, 3.63) is 53.6 Å².